The second kappa shape index (κ2) is 5.46. The fourth-order valence-corrected chi connectivity index (χ4v) is 2.62. The fraction of sp³-hybridized carbons (Fsp3) is 0.308. The van der Waals surface area contributed by atoms with Crippen molar-refractivity contribution in [1.82, 2.24) is 4.98 Å². The lowest BCUT2D eigenvalue weighted by Gasteiger charge is -2.04. The number of nitrogens with two attached hydrogens (primary N) is 1. The van der Waals surface area contributed by atoms with E-state index in [0.29, 0.717) is 19.9 Å². The Morgan fingerprint density at radius 1 is 1.32 bits per heavy atom. The third-order valence-electron chi connectivity index (χ3n) is 2.83. The summed E-state index contributed by atoms with van der Waals surface area (Å²) in [6, 6.07) is 5.94. The molecule has 2 aromatic rings. The molecule has 6 heteroatoms. The molecule has 1 aromatic heterocycles. The molecule has 0 radical (unpaired) electrons. The molecule has 1 aliphatic heterocycles. The molecule has 19 heavy (non-hydrogen) atoms. The minimum absolute atomic E-state index is 0.307. The normalized spacial score (nSPS) is 12.7. The van der Waals surface area contributed by atoms with Gasteiger partial charge < -0.3 is 20.5 Å². The quantitative estimate of drug-likeness (QED) is 0.874. The van der Waals surface area contributed by atoms with Crippen molar-refractivity contribution in [2.45, 2.75) is 13.0 Å². The zero-order valence-electron chi connectivity index (χ0n) is 10.4. The number of anilines is 1. The Bertz CT molecular complexity index is 571. The number of nitrogens with one attached hydrogen (secondary N) is 1. The lowest BCUT2D eigenvalue weighted by Crippen LogP contribution is -2.03. The van der Waals surface area contributed by atoms with Crippen LogP contribution in [0.15, 0.2) is 23.6 Å². The largest absolute Gasteiger partial charge is 0.454 e. The summed E-state index contributed by atoms with van der Waals surface area (Å²) in [4.78, 5) is 4.46. The number of thiazole rings is 1. The summed E-state index contributed by atoms with van der Waals surface area (Å²) in [6.07, 6.45) is 0.822. The standard InChI is InChI=1S/C13H15N3O2S/c14-4-3-10-7-19-13(16-10)15-6-9-1-2-11-12(5-9)18-8-17-11/h1-2,5,7H,3-4,6,8,14H2,(H,15,16). The van der Waals surface area contributed by atoms with Gasteiger partial charge in [0.05, 0.1) is 5.69 Å². The fourth-order valence-electron chi connectivity index (χ4n) is 1.88. The van der Waals surface area contributed by atoms with Gasteiger partial charge in [-0.25, -0.2) is 4.98 Å². The number of fused-ring (bicyclic) bond motifs is 1. The zero-order valence-corrected chi connectivity index (χ0v) is 11.2. The van der Waals surface area contributed by atoms with E-state index in [-0.39, 0.29) is 0 Å². The Labute approximate surface area is 115 Å². The lowest BCUT2D eigenvalue weighted by atomic mass is 10.2. The third kappa shape index (κ3) is 2.80. The van der Waals surface area contributed by atoms with Gasteiger partial charge in [-0.05, 0) is 24.2 Å². The minimum atomic E-state index is 0.307. The van der Waals surface area contributed by atoms with Crippen LogP contribution in [0, 0.1) is 0 Å². The molecule has 0 saturated heterocycles. The van der Waals surface area contributed by atoms with Crippen molar-refractivity contribution in [2.24, 2.45) is 5.73 Å². The van der Waals surface area contributed by atoms with Gasteiger partial charge in [-0.15, -0.1) is 11.3 Å². The van der Waals surface area contributed by atoms with Crippen molar-refractivity contribution in [3.63, 3.8) is 0 Å². The van der Waals surface area contributed by atoms with Crippen LogP contribution in [-0.2, 0) is 13.0 Å². The second-order valence-electron chi connectivity index (χ2n) is 4.22. The molecule has 0 amide bonds. The highest BCUT2D eigenvalue weighted by Gasteiger charge is 2.13. The van der Waals surface area contributed by atoms with Crippen molar-refractivity contribution >= 4 is 16.5 Å². The van der Waals surface area contributed by atoms with Gasteiger partial charge in [-0.2, -0.15) is 0 Å². The maximum Gasteiger partial charge on any atom is 0.231 e. The summed E-state index contributed by atoms with van der Waals surface area (Å²) >= 11 is 1.60. The number of aromatic nitrogens is 1. The van der Waals surface area contributed by atoms with E-state index >= 15 is 0 Å². The molecule has 0 spiro atoms. The highest BCUT2D eigenvalue weighted by atomic mass is 32.1. The van der Waals surface area contributed by atoms with Crippen molar-refractivity contribution in [1.29, 1.82) is 0 Å². The van der Waals surface area contributed by atoms with E-state index in [1.165, 1.54) is 0 Å². The van der Waals surface area contributed by atoms with Crippen LogP contribution >= 0.6 is 11.3 Å². The molecule has 0 saturated carbocycles. The maximum absolute atomic E-state index is 5.51. The second-order valence-corrected chi connectivity index (χ2v) is 5.08. The Morgan fingerprint density at radius 2 is 2.21 bits per heavy atom. The molecular weight excluding hydrogens is 262 g/mol. The van der Waals surface area contributed by atoms with Gasteiger partial charge in [0.15, 0.2) is 16.6 Å². The number of rotatable bonds is 5. The lowest BCUT2D eigenvalue weighted by molar-refractivity contribution is 0.174. The molecule has 0 bridgehead atoms. The van der Waals surface area contributed by atoms with Gasteiger partial charge >= 0.3 is 0 Å². The third-order valence-corrected chi connectivity index (χ3v) is 3.68. The van der Waals surface area contributed by atoms with Crippen LogP contribution in [0.25, 0.3) is 0 Å². The molecule has 100 valence electrons. The number of hydrogen-bond acceptors (Lipinski definition) is 6. The van der Waals surface area contributed by atoms with Crippen LogP contribution in [0.3, 0.4) is 0 Å². The van der Waals surface area contributed by atoms with Crippen LogP contribution in [0.4, 0.5) is 5.13 Å². The molecule has 1 aliphatic rings. The van der Waals surface area contributed by atoms with Gasteiger partial charge in [0.25, 0.3) is 0 Å². The van der Waals surface area contributed by atoms with E-state index < -0.39 is 0 Å². The molecule has 1 aromatic carbocycles. The SMILES string of the molecule is NCCc1csc(NCc2ccc3c(c2)OCO3)n1. The Hall–Kier alpha value is -1.79. The predicted molar refractivity (Wildman–Crippen MR) is 74.8 cm³/mol. The predicted octanol–water partition coefficient (Wildman–Crippen LogP) is 1.99. The summed E-state index contributed by atoms with van der Waals surface area (Å²) in [5.41, 5.74) is 7.69. The average molecular weight is 277 g/mol. The molecule has 3 rings (SSSR count). The number of ether oxygens (including phenoxy) is 2. The number of nitrogens with zero attached hydrogens (tertiary/aromatic N) is 1. The average Bonchev–Trinajstić information content (AvgIpc) is 3.04. The van der Waals surface area contributed by atoms with Crippen LogP contribution < -0.4 is 20.5 Å². The smallest absolute Gasteiger partial charge is 0.231 e. The van der Waals surface area contributed by atoms with Crippen LogP contribution in [0.2, 0.25) is 0 Å². The van der Waals surface area contributed by atoms with Crippen molar-refractivity contribution in [2.75, 3.05) is 18.7 Å². The number of hydrogen-bond donors (Lipinski definition) is 2. The Morgan fingerprint density at radius 3 is 3.11 bits per heavy atom. The molecule has 2 heterocycles. The van der Waals surface area contributed by atoms with E-state index in [0.717, 1.165) is 34.3 Å². The first-order valence-corrected chi connectivity index (χ1v) is 7.00. The Kier molecular flexibility index (Phi) is 3.52. The van der Waals surface area contributed by atoms with Gasteiger partial charge in [0.1, 0.15) is 0 Å². The summed E-state index contributed by atoms with van der Waals surface area (Å²) in [7, 11) is 0. The van der Waals surface area contributed by atoms with Crippen LogP contribution in [-0.4, -0.2) is 18.3 Å². The molecular formula is C13H15N3O2S. The van der Waals surface area contributed by atoms with Gasteiger partial charge in [0, 0.05) is 18.3 Å². The maximum atomic E-state index is 5.51. The Balaban J connectivity index is 1.62. The van der Waals surface area contributed by atoms with E-state index in [1.807, 2.05) is 23.6 Å². The highest BCUT2D eigenvalue weighted by molar-refractivity contribution is 7.13. The zero-order chi connectivity index (χ0) is 13.1. The monoisotopic (exact) mass is 277 g/mol. The summed E-state index contributed by atoms with van der Waals surface area (Å²) < 4.78 is 10.6. The van der Waals surface area contributed by atoms with Gasteiger partial charge in [0.2, 0.25) is 6.79 Å². The molecule has 3 N–H and O–H groups in total. The first-order valence-electron chi connectivity index (χ1n) is 6.12. The topological polar surface area (TPSA) is 69.4 Å². The van der Waals surface area contributed by atoms with Crippen molar-refractivity contribution in [3.05, 3.63) is 34.8 Å². The highest BCUT2D eigenvalue weighted by Crippen LogP contribution is 2.32. The van der Waals surface area contributed by atoms with Crippen molar-refractivity contribution < 1.29 is 9.47 Å². The molecule has 0 aliphatic carbocycles. The van der Waals surface area contributed by atoms with Crippen LogP contribution in [0.1, 0.15) is 11.3 Å². The summed E-state index contributed by atoms with van der Waals surface area (Å²) in [5.74, 6) is 1.62. The summed E-state index contributed by atoms with van der Waals surface area (Å²) in [5, 5.41) is 6.26. The molecule has 5 nitrogen and oxygen atoms in total. The molecule has 0 unspecified atom stereocenters. The summed E-state index contributed by atoms with van der Waals surface area (Å²) in [6.45, 7) is 1.65. The van der Waals surface area contributed by atoms with Gasteiger partial charge in [-0.3, -0.25) is 0 Å². The van der Waals surface area contributed by atoms with E-state index in [4.69, 9.17) is 15.2 Å². The first-order chi connectivity index (χ1) is 9.35. The van der Waals surface area contributed by atoms with Crippen LogP contribution in [0.5, 0.6) is 11.5 Å². The first kappa shape index (κ1) is 12.3. The van der Waals surface area contributed by atoms with Crippen molar-refractivity contribution in [3.8, 4) is 11.5 Å². The van der Waals surface area contributed by atoms with E-state index in [9.17, 15) is 0 Å². The molecule has 0 fully saturated rings. The number of benzene rings is 1. The van der Waals surface area contributed by atoms with Gasteiger partial charge in [-0.1, -0.05) is 6.07 Å². The van der Waals surface area contributed by atoms with E-state index in [1.54, 1.807) is 11.3 Å². The molecule has 0 atom stereocenters. The van der Waals surface area contributed by atoms with E-state index in [2.05, 4.69) is 10.3 Å². The minimum Gasteiger partial charge on any atom is -0.454 e.